The second-order valence-electron chi connectivity index (χ2n) is 6.79. The first-order valence-corrected chi connectivity index (χ1v) is 11.2. The number of carbonyl (C=O) groups is 2. The van der Waals surface area contributed by atoms with Crippen LogP contribution in [0.2, 0.25) is 0 Å². The lowest BCUT2D eigenvalue weighted by atomic mass is 10.1. The van der Waals surface area contributed by atoms with Crippen molar-refractivity contribution >= 4 is 45.1 Å². The summed E-state index contributed by atoms with van der Waals surface area (Å²) in [6.45, 7) is 0.406. The molecular formula is C24H22BrN3O4S. The normalized spacial score (nSPS) is 10.1. The monoisotopic (exact) mass is 527 g/mol. The molecule has 0 fully saturated rings. The van der Waals surface area contributed by atoms with Crippen LogP contribution in [0, 0.1) is 0 Å². The third kappa shape index (κ3) is 7.03. The zero-order valence-electron chi connectivity index (χ0n) is 17.8. The Morgan fingerprint density at radius 3 is 2.36 bits per heavy atom. The van der Waals surface area contributed by atoms with Gasteiger partial charge < -0.3 is 9.47 Å². The van der Waals surface area contributed by atoms with Gasteiger partial charge in [0.15, 0.2) is 5.11 Å². The van der Waals surface area contributed by atoms with Crippen LogP contribution >= 0.6 is 28.1 Å². The highest BCUT2D eigenvalue weighted by molar-refractivity contribution is 9.10. The van der Waals surface area contributed by atoms with Gasteiger partial charge in [-0.1, -0.05) is 58.4 Å². The SMILES string of the molecule is COc1ccccc1C(=O)NNC(=S)NC(=O)c1cc(Br)ccc1OCCc1ccccc1. The van der Waals surface area contributed by atoms with E-state index in [1.54, 1.807) is 42.5 Å². The summed E-state index contributed by atoms with van der Waals surface area (Å²) >= 11 is 8.52. The van der Waals surface area contributed by atoms with Crippen molar-refractivity contribution in [1.82, 2.24) is 16.2 Å². The molecule has 0 unspecified atom stereocenters. The highest BCUT2D eigenvalue weighted by Gasteiger charge is 2.16. The van der Waals surface area contributed by atoms with E-state index in [4.69, 9.17) is 21.7 Å². The van der Waals surface area contributed by atoms with E-state index in [2.05, 4.69) is 32.1 Å². The Labute approximate surface area is 205 Å². The van der Waals surface area contributed by atoms with Crippen molar-refractivity contribution in [1.29, 1.82) is 0 Å². The van der Waals surface area contributed by atoms with Crippen molar-refractivity contribution in [2.75, 3.05) is 13.7 Å². The molecule has 2 amide bonds. The molecular weight excluding hydrogens is 506 g/mol. The van der Waals surface area contributed by atoms with Gasteiger partial charge in [0.05, 0.1) is 24.8 Å². The molecule has 3 N–H and O–H groups in total. The number of hydrogen-bond donors (Lipinski definition) is 3. The largest absolute Gasteiger partial charge is 0.496 e. The summed E-state index contributed by atoms with van der Waals surface area (Å²) in [6, 6.07) is 21.8. The minimum atomic E-state index is -0.477. The van der Waals surface area contributed by atoms with E-state index >= 15 is 0 Å². The number of methoxy groups -OCH3 is 1. The second-order valence-corrected chi connectivity index (χ2v) is 8.11. The van der Waals surface area contributed by atoms with Crippen LogP contribution in [0.15, 0.2) is 77.3 Å². The Kier molecular flexibility index (Phi) is 8.79. The Morgan fingerprint density at radius 1 is 0.879 bits per heavy atom. The lowest BCUT2D eigenvalue weighted by Crippen LogP contribution is -2.48. The average molecular weight is 528 g/mol. The van der Waals surface area contributed by atoms with E-state index < -0.39 is 11.8 Å². The summed E-state index contributed by atoms with van der Waals surface area (Å²) in [7, 11) is 1.47. The third-order valence-corrected chi connectivity index (χ3v) is 5.24. The Balaban J connectivity index is 1.58. The topological polar surface area (TPSA) is 88.7 Å². The fourth-order valence-corrected chi connectivity index (χ4v) is 3.45. The molecule has 3 aromatic carbocycles. The molecule has 33 heavy (non-hydrogen) atoms. The van der Waals surface area contributed by atoms with Crippen LogP contribution in [-0.2, 0) is 6.42 Å². The predicted molar refractivity (Wildman–Crippen MR) is 133 cm³/mol. The van der Waals surface area contributed by atoms with Gasteiger partial charge in [-0.25, -0.2) is 0 Å². The van der Waals surface area contributed by atoms with Crippen LogP contribution in [0.5, 0.6) is 11.5 Å². The third-order valence-electron chi connectivity index (χ3n) is 4.55. The van der Waals surface area contributed by atoms with Gasteiger partial charge in [0, 0.05) is 10.9 Å². The quantitative estimate of drug-likeness (QED) is 0.317. The van der Waals surface area contributed by atoms with Gasteiger partial charge in [0.25, 0.3) is 11.8 Å². The average Bonchev–Trinajstić information content (AvgIpc) is 2.84. The van der Waals surface area contributed by atoms with Crippen molar-refractivity contribution < 1.29 is 19.1 Å². The highest BCUT2D eigenvalue weighted by atomic mass is 79.9. The van der Waals surface area contributed by atoms with Gasteiger partial charge in [-0.15, -0.1) is 0 Å². The van der Waals surface area contributed by atoms with E-state index in [1.807, 2.05) is 30.3 Å². The molecule has 3 aromatic rings. The number of ether oxygens (including phenoxy) is 2. The molecule has 0 spiro atoms. The summed E-state index contributed by atoms with van der Waals surface area (Å²) in [5.74, 6) is -0.0998. The lowest BCUT2D eigenvalue weighted by Gasteiger charge is -2.14. The van der Waals surface area contributed by atoms with Crippen molar-refractivity contribution in [3.05, 3.63) is 94.0 Å². The maximum atomic E-state index is 12.8. The molecule has 0 radical (unpaired) electrons. The smallest absolute Gasteiger partial charge is 0.273 e. The molecule has 170 valence electrons. The van der Waals surface area contributed by atoms with Gasteiger partial charge in [0.2, 0.25) is 0 Å². The van der Waals surface area contributed by atoms with E-state index in [1.165, 1.54) is 7.11 Å². The first-order chi connectivity index (χ1) is 16.0. The molecule has 9 heteroatoms. The minimum Gasteiger partial charge on any atom is -0.496 e. The molecule has 0 bridgehead atoms. The molecule has 0 heterocycles. The fraction of sp³-hybridized carbons (Fsp3) is 0.125. The number of thiocarbonyl (C=S) groups is 1. The van der Waals surface area contributed by atoms with Crippen molar-refractivity contribution in [3.8, 4) is 11.5 Å². The van der Waals surface area contributed by atoms with E-state index in [9.17, 15) is 9.59 Å². The van der Waals surface area contributed by atoms with Crippen molar-refractivity contribution in [2.24, 2.45) is 0 Å². The van der Waals surface area contributed by atoms with E-state index in [0.29, 0.717) is 40.1 Å². The molecule has 0 saturated carbocycles. The molecule has 0 atom stereocenters. The minimum absolute atomic E-state index is 0.0709. The van der Waals surface area contributed by atoms with Gasteiger partial charge >= 0.3 is 0 Å². The van der Waals surface area contributed by atoms with Crippen molar-refractivity contribution in [2.45, 2.75) is 6.42 Å². The zero-order chi connectivity index (χ0) is 23.6. The zero-order valence-corrected chi connectivity index (χ0v) is 20.2. The van der Waals surface area contributed by atoms with Crippen LogP contribution < -0.4 is 25.6 Å². The number of rotatable bonds is 7. The highest BCUT2D eigenvalue weighted by Crippen LogP contribution is 2.23. The molecule has 0 aromatic heterocycles. The number of hydrazine groups is 1. The Bertz CT molecular complexity index is 1140. The summed E-state index contributed by atoms with van der Waals surface area (Å²) in [5, 5.41) is 2.47. The van der Waals surface area contributed by atoms with Gasteiger partial charge in [-0.2, -0.15) is 0 Å². The maximum absolute atomic E-state index is 12.8. The van der Waals surface area contributed by atoms with Gasteiger partial charge in [-0.05, 0) is 48.1 Å². The number of para-hydroxylation sites is 1. The summed E-state index contributed by atoms with van der Waals surface area (Å²) in [5.41, 5.74) is 6.73. The Morgan fingerprint density at radius 2 is 1.61 bits per heavy atom. The first-order valence-electron chi connectivity index (χ1n) is 9.99. The summed E-state index contributed by atoms with van der Waals surface area (Å²) in [4.78, 5) is 25.2. The molecule has 0 saturated heterocycles. The van der Waals surface area contributed by atoms with E-state index in [-0.39, 0.29) is 5.11 Å². The number of halogens is 1. The van der Waals surface area contributed by atoms with Crippen LogP contribution in [-0.4, -0.2) is 30.6 Å². The van der Waals surface area contributed by atoms with Crippen LogP contribution in [0.1, 0.15) is 26.3 Å². The van der Waals surface area contributed by atoms with Crippen molar-refractivity contribution in [3.63, 3.8) is 0 Å². The van der Waals surface area contributed by atoms with Crippen LogP contribution in [0.25, 0.3) is 0 Å². The summed E-state index contributed by atoms with van der Waals surface area (Å²) < 4.78 is 11.7. The number of carbonyl (C=O) groups excluding carboxylic acids is 2. The number of benzene rings is 3. The molecule has 0 aliphatic rings. The van der Waals surface area contributed by atoms with Gasteiger partial charge in [0.1, 0.15) is 11.5 Å². The van der Waals surface area contributed by atoms with Crippen LogP contribution in [0.4, 0.5) is 0 Å². The summed E-state index contributed by atoms with van der Waals surface area (Å²) in [6.07, 6.45) is 0.701. The molecule has 7 nitrogen and oxygen atoms in total. The fourth-order valence-electron chi connectivity index (χ4n) is 2.94. The standard InChI is InChI=1S/C24H22BrN3O4S/c1-31-20-10-6-5-9-18(20)23(30)27-28-24(33)26-22(29)19-15-17(25)11-12-21(19)32-14-13-16-7-3-2-4-8-16/h2-12,15H,13-14H2,1H3,(H,27,30)(H2,26,28,29,33). The maximum Gasteiger partial charge on any atom is 0.273 e. The molecule has 3 rings (SSSR count). The number of amides is 2. The lowest BCUT2D eigenvalue weighted by molar-refractivity contribution is 0.0931. The second kappa shape index (κ2) is 12.0. The van der Waals surface area contributed by atoms with E-state index in [0.717, 1.165) is 5.56 Å². The Hall–Kier alpha value is -3.43. The molecule has 0 aliphatic carbocycles. The predicted octanol–water partition coefficient (Wildman–Crippen LogP) is 4.03. The first kappa shape index (κ1) is 24.2. The number of nitrogens with one attached hydrogen (secondary N) is 3. The van der Waals surface area contributed by atoms with Gasteiger partial charge in [-0.3, -0.25) is 25.8 Å². The molecule has 0 aliphatic heterocycles. The number of hydrogen-bond acceptors (Lipinski definition) is 5. The van der Waals surface area contributed by atoms with Crippen LogP contribution in [0.3, 0.4) is 0 Å².